The third-order valence-corrected chi connectivity index (χ3v) is 5.80. The zero-order valence-electron chi connectivity index (χ0n) is 17.0. The molecule has 1 N–H and O–H groups in total. The minimum absolute atomic E-state index is 0.0537. The van der Waals surface area contributed by atoms with Crippen molar-refractivity contribution in [2.24, 2.45) is 0 Å². The third-order valence-electron chi connectivity index (χ3n) is 5.80. The van der Waals surface area contributed by atoms with Crippen molar-refractivity contribution in [3.63, 3.8) is 0 Å². The molecule has 1 saturated heterocycles. The molecule has 1 aliphatic heterocycles. The van der Waals surface area contributed by atoms with E-state index in [4.69, 9.17) is 0 Å². The van der Waals surface area contributed by atoms with Gasteiger partial charge in [0.05, 0.1) is 6.04 Å². The van der Waals surface area contributed by atoms with E-state index in [1.165, 1.54) is 27.8 Å². The van der Waals surface area contributed by atoms with Crippen LogP contribution in [0.5, 0.6) is 0 Å². The van der Waals surface area contributed by atoms with E-state index < -0.39 is 12.0 Å². The Bertz CT molecular complexity index is 975. The van der Waals surface area contributed by atoms with Crippen LogP contribution in [0.1, 0.15) is 41.1 Å². The number of hydrogen-bond acceptors (Lipinski definition) is 2. The summed E-state index contributed by atoms with van der Waals surface area (Å²) in [5.74, 6) is -0.724. The summed E-state index contributed by atoms with van der Waals surface area (Å²) in [4.78, 5) is 14.1. The molecule has 3 heteroatoms. The molecule has 0 amide bonds. The van der Waals surface area contributed by atoms with Crippen molar-refractivity contribution in [2.75, 3.05) is 6.54 Å². The van der Waals surface area contributed by atoms with Gasteiger partial charge in [-0.3, -0.25) is 9.69 Å². The smallest absolute Gasteiger partial charge is 0.320 e. The van der Waals surface area contributed by atoms with E-state index in [1.54, 1.807) is 0 Å². The summed E-state index contributed by atoms with van der Waals surface area (Å²) in [5, 5.41) is 9.79. The zero-order chi connectivity index (χ0) is 20.4. The molecule has 1 heterocycles. The van der Waals surface area contributed by atoms with Gasteiger partial charge in [-0.05, 0) is 48.9 Å². The average Bonchev–Trinajstić information content (AvgIpc) is 3.18. The van der Waals surface area contributed by atoms with Gasteiger partial charge in [-0.15, -0.1) is 0 Å². The largest absolute Gasteiger partial charge is 0.480 e. The highest BCUT2D eigenvalue weighted by Gasteiger charge is 2.36. The van der Waals surface area contributed by atoms with Gasteiger partial charge in [-0.25, -0.2) is 0 Å². The number of carboxylic acid groups (broad SMARTS) is 1. The minimum atomic E-state index is -0.724. The highest BCUT2D eigenvalue weighted by atomic mass is 16.4. The fraction of sp³-hybridized carbons (Fsp3) is 0.269. The Hall–Kier alpha value is -2.91. The third kappa shape index (κ3) is 4.10. The van der Waals surface area contributed by atoms with E-state index in [0.29, 0.717) is 6.42 Å². The fourth-order valence-electron chi connectivity index (χ4n) is 4.59. The lowest BCUT2D eigenvalue weighted by atomic mass is 9.92. The normalized spacial score (nSPS) is 17.9. The molecule has 0 aliphatic carbocycles. The van der Waals surface area contributed by atoms with E-state index in [-0.39, 0.29) is 6.04 Å². The molecule has 3 nitrogen and oxygen atoms in total. The van der Waals surface area contributed by atoms with E-state index in [9.17, 15) is 9.90 Å². The van der Waals surface area contributed by atoms with Gasteiger partial charge in [-0.1, -0.05) is 83.9 Å². The van der Waals surface area contributed by atoms with Crippen molar-refractivity contribution in [3.8, 4) is 11.1 Å². The van der Waals surface area contributed by atoms with E-state index in [2.05, 4.69) is 73.3 Å². The van der Waals surface area contributed by atoms with Crippen LogP contribution in [-0.2, 0) is 4.79 Å². The minimum Gasteiger partial charge on any atom is -0.480 e. The van der Waals surface area contributed by atoms with Crippen LogP contribution in [0.15, 0.2) is 72.8 Å². The summed E-state index contributed by atoms with van der Waals surface area (Å²) in [5.41, 5.74) is 7.08. The molecule has 0 aromatic heterocycles. The van der Waals surface area contributed by atoms with Gasteiger partial charge in [-0.2, -0.15) is 0 Å². The Kier molecular flexibility index (Phi) is 5.50. The first-order valence-corrected chi connectivity index (χ1v) is 10.2. The van der Waals surface area contributed by atoms with Gasteiger partial charge in [0.2, 0.25) is 0 Å². The molecule has 4 rings (SSSR count). The number of hydrogen-bond donors (Lipinski definition) is 1. The first-order valence-electron chi connectivity index (χ1n) is 10.2. The predicted octanol–water partition coefficient (Wildman–Crippen LogP) is 5.61. The second kappa shape index (κ2) is 8.22. The Labute approximate surface area is 172 Å². The molecule has 2 atom stereocenters. The summed E-state index contributed by atoms with van der Waals surface area (Å²) >= 11 is 0. The molecule has 29 heavy (non-hydrogen) atoms. The summed E-state index contributed by atoms with van der Waals surface area (Å²) in [6.45, 7) is 5.00. The molecule has 3 aromatic carbocycles. The maximum atomic E-state index is 11.9. The first-order chi connectivity index (χ1) is 14.0. The molecule has 0 radical (unpaired) electrons. The van der Waals surface area contributed by atoms with E-state index in [1.807, 2.05) is 18.2 Å². The summed E-state index contributed by atoms with van der Waals surface area (Å²) < 4.78 is 0. The highest BCUT2D eigenvalue weighted by molar-refractivity contribution is 5.74. The van der Waals surface area contributed by atoms with Crippen molar-refractivity contribution in [3.05, 3.63) is 95.1 Å². The molecule has 0 spiro atoms. The van der Waals surface area contributed by atoms with Crippen LogP contribution in [-0.4, -0.2) is 28.6 Å². The van der Waals surface area contributed by atoms with Crippen LogP contribution in [0, 0.1) is 13.8 Å². The standard InChI is InChI=1S/C26H27NO2/c1-18-15-19(2)17-23(16-18)25(27-14-6-9-24(27)26(28)29)22-12-10-21(11-13-22)20-7-4-3-5-8-20/h3-5,7-8,10-13,15-17,24-25H,6,9,14H2,1-2H3,(H,28,29). The number of aryl methyl sites for hydroxylation is 2. The lowest BCUT2D eigenvalue weighted by Gasteiger charge is -2.32. The lowest BCUT2D eigenvalue weighted by Crippen LogP contribution is -2.39. The van der Waals surface area contributed by atoms with Crippen molar-refractivity contribution in [1.82, 2.24) is 4.90 Å². The topological polar surface area (TPSA) is 40.5 Å². The van der Waals surface area contributed by atoms with Gasteiger partial charge in [0, 0.05) is 6.54 Å². The Morgan fingerprint density at radius 1 is 0.897 bits per heavy atom. The van der Waals surface area contributed by atoms with Crippen molar-refractivity contribution in [1.29, 1.82) is 0 Å². The number of carbonyl (C=O) groups is 1. The van der Waals surface area contributed by atoms with Crippen LogP contribution in [0.4, 0.5) is 0 Å². The van der Waals surface area contributed by atoms with Gasteiger partial charge >= 0.3 is 5.97 Å². The van der Waals surface area contributed by atoms with Crippen LogP contribution in [0.3, 0.4) is 0 Å². The van der Waals surface area contributed by atoms with E-state index in [0.717, 1.165) is 18.5 Å². The maximum absolute atomic E-state index is 11.9. The predicted molar refractivity (Wildman–Crippen MR) is 117 cm³/mol. The molecule has 0 bridgehead atoms. The summed E-state index contributed by atoms with van der Waals surface area (Å²) in [7, 11) is 0. The second-order valence-electron chi connectivity index (χ2n) is 8.05. The Balaban J connectivity index is 1.77. The molecule has 0 saturated carbocycles. The SMILES string of the molecule is Cc1cc(C)cc(C(c2ccc(-c3ccccc3)cc2)N2CCCC2C(=O)O)c1. The zero-order valence-corrected chi connectivity index (χ0v) is 17.0. The first kappa shape index (κ1) is 19.4. The quantitative estimate of drug-likeness (QED) is 0.621. The van der Waals surface area contributed by atoms with Gasteiger partial charge in [0.25, 0.3) is 0 Å². The lowest BCUT2D eigenvalue weighted by molar-refractivity contribution is -0.142. The number of aliphatic carboxylic acids is 1. The fourth-order valence-corrected chi connectivity index (χ4v) is 4.59. The molecule has 1 aliphatic rings. The van der Waals surface area contributed by atoms with Crippen molar-refractivity contribution >= 4 is 5.97 Å². The van der Waals surface area contributed by atoms with Crippen LogP contribution in [0.2, 0.25) is 0 Å². The van der Waals surface area contributed by atoms with Gasteiger partial charge in [0.1, 0.15) is 6.04 Å². The molecule has 2 unspecified atom stereocenters. The molecule has 1 fully saturated rings. The number of benzene rings is 3. The average molecular weight is 386 g/mol. The number of likely N-dealkylation sites (tertiary alicyclic amines) is 1. The number of carboxylic acids is 1. The highest BCUT2D eigenvalue weighted by Crippen LogP contribution is 2.36. The molecule has 3 aromatic rings. The molecular formula is C26H27NO2. The van der Waals surface area contributed by atoms with Crippen molar-refractivity contribution in [2.45, 2.75) is 38.8 Å². The molecular weight excluding hydrogens is 358 g/mol. The monoisotopic (exact) mass is 385 g/mol. The summed E-state index contributed by atoms with van der Waals surface area (Å²) in [6.07, 6.45) is 1.62. The molecule has 148 valence electrons. The Morgan fingerprint density at radius 3 is 2.14 bits per heavy atom. The maximum Gasteiger partial charge on any atom is 0.320 e. The summed E-state index contributed by atoms with van der Waals surface area (Å²) in [6, 6.07) is 25.0. The van der Waals surface area contributed by atoms with Gasteiger partial charge in [0.15, 0.2) is 0 Å². The number of rotatable bonds is 5. The van der Waals surface area contributed by atoms with Crippen LogP contribution < -0.4 is 0 Å². The van der Waals surface area contributed by atoms with E-state index >= 15 is 0 Å². The number of nitrogens with zero attached hydrogens (tertiary/aromatic N) is 1. The van der Waals surface area contributed by atoms with Gasteiger partial charge < -0.3 is 5.11 Å². The Morgan fingerprint density at radius 2 is 1.52 bits per heavy atom. The van der Waals surface area contributed by atoms with Crippen LogP contribution >= 0.6 is 0 Å². The second-order valence-corrected chi connectivity index (χ2v) is 8.05. The van der Waals surface area contributed by atoms with Crippen molar-refractivity contribution < 1.29 is 9.90 Å². The van der Waals surface area contributed by atoms with Crippen LogP contribution in [0.25, 0.3) is 11.1 Å².